The lowest BCUT2D eigenvalue weighted by Gasteiger charge is -2.33. The first-order valence-electron chi connectivity index (χ1n) is 10.6. The summed E-state index contributed by atoms with van der Waals surface area (Å²) in [5.41, 5.74) is 0.578. The van der Waals surface area contributed by atoms with Gasteiger partial charge >= 0.3 is 0 Å². The molecule has 1 saturated heterocycles. The molecule has 0 saturated carbocycles. The Morgan fingerprint density at radius 2 is 1.94 bits per heavy atom. The molecule has 2 aromatic rings. The number of aryl methyl sites for hydroxylation is 1. The van der Waals surface area contributed by atoms with Gasteiger partial charge in [-0.15, -0.1) is 11.3 Å². The van der Waals surface area contributed by atoms with Crippen LogP contribution >= 0.6 is 11.3 Å². The zero-order valence-electron chi connectivity index (χ0n) is 18.2. The van der Waals surface area contributed by atoms with E-state index in [1.54, 1.807) is 11.3 Å². The van der Waals surface area contributed by atoms with Gasteiger partial charge in [0.2, 0.25) is 11.8 Å². The molecule has 2 amide bonds. The molecule has 2 heterocycles. The van der Waals surface area contributed by atoms with E-state index < -0.39 is 29.0 Å². The monoisotopic (exact) mass is 468 g/mol. The molecule has 0 spiro atoms. The second-order valence-electron chi connectivity index (χ2n) is 7.94. The Morgan fingerprint density at radius 3 is 2.56 bits per heavy atom. The molecule has 1 fully saturated rings. The topological polar surface area (TPSA) is 65.5 Å². The van der Waals surface area contributed by atoms with Crippen LogP contribution in [0, 0.1) is 30.3 Å². The van der Waals surface area contributed by atoms with Crippen molar-refractivity contribution in [3.05, 3.63) is 45.7 Å². The Labute approximate surface area is 189 Å². The summed E-state index contributed by atoms with van der Waals surface area (Å²) in [7, 11) is 0. The Balaban J connectivity index is 1.55. The summed E-state index contributed by atoms with van der Waals surface area (Å²) in [5, 5.41) is 5.31. The molecule has 32 heavy (non-hydrogen) atoms. The molecule has 0 unspecified atom stereocenters. The van der Waals surface area contributed by atoms with Crippen LogP contribution in [0.1, 0.15) is 36.9 Å². The fraction of sp³-hybridized carbons (Fsp3) is 0.500. The first-order valence-corrected chi connectivity index (χ1v) is 11.5. The first-order chi connectivity index (χ1) is 15.3. The van der Waals surface area contributed by atoms with Gasteiger partial charge < -0.3 is 10.2 Å². The fourth-order valence-corrected chi connectivity index (χ4v) is 4.43. The Morgan fingerprint density at radius 1 is 1.22 bits per heavy atom. The number of carbonyl (C=O) groups excluding carboxylic acids is 2. The molecule has 3 rings (SSSR count). The standard InChI is InChI=1S/C22H27F3N4O2S/c1-3-8-29(12-19(30)27-18-5-4-17(23)20(24)21(18)25)22(31)15-6-9-28(10-7-15)11-16-13-32-14(2)26-16/h4-5,13,15H,3,6-12H2,1-2H3,(H,27,30). The van der Waals surface area contributed by atoms with Gasteiger partial charge in [-0.3, -0.25) is 14.5 Å². The molecule has 1 aliphatic heterocycles. The van der Waals surface area contributed by atoms with Crippen molar-refractivity contribution in [2.24, 2.45) is 5.92 Å². The number of aromatic nitrogens is 1. The van der Waals surface area contributed by atoms with Crippen LogP contribution in [0.2, 0.25) is 0 Å². The van der Waals surface area contributed by atoms with Crippen LogP contribution in [0.5, 0.6) is 0 Å². The molecule has 6 nitrogen and oxygen atoms in total. The molecular formula is C22H27F3N4O2S. The number of nitrogens with zero attached hydrogens (tertiary/aromatic N) is 3. The van der Waals surface area contributed by atoms with Gasteiger partial charge in [0.25, 0.3) is 0 Å². The quantitative estimate of drug-likeness (QED) is 0.596. The van der Waals surface area contributed by atoms with Crippen molar-refractivity contribution >= 4 is 28.8 Å². The Bertz CT molecular complexity index is 961. The molecule has 1 aromatic heterocycles. The van der Waals surface area contributed by atoms with Gasteiger partial charge in [-0.25, -0.2) is 18.2 Å². The third kappa shape index (κ3) is 6.07. The van der Waals surface area contributed by atoms with Crippen molar-refractivity contribution in [1.82, 2.24) is 14.8 Å². The van der Waals surface area contributed by atoms with Gasteiger partial charge in [0.05, 0.1) is 22.9 Å². The van der Waals surface area contributed by atoms with Crippen LogP contribution < -0.4 is 5.32 Å². The maximum atomic E-state index is 13.8. The number of halogens is 3. The second-order valence-corrected chi connectivity index (χ2v) is 9.00. The van der Waals surface area contributed by atoms with Crippen molar-refractivity contribution in [3.8, 4) is 0 Å². The van der Waals surface area contributed by atoms with E-state index in [2.05, 4.69) is 15.2 Å². The van der Waals surface area contributed by atoms with Crippen LogP contribution in [0.3, 0.4) is 0 Å². The molecule has 174 valence electrons. The van der Waals surface area contributed by atoms with E-state index in [-0.39, 0.29) is 18.4 Å². The van der Waals surface area contributed by atoms with Crippen LogP contribution in [-0.2, 0) is 16.1 Å². The number of amides is 2. The zero-order valence-corrected chi connectivity index (χ0v) is 19.0. The van der Waals surface area contributed by atoms with E-state index in [0.29, 0.717) is 25.8 Å². The highest BCUT2D eigenvalue weighted by Gasteiger charge is 2.29. The van der Waals surface area contributed by atoms with E-state index in [1.165, 1.54) is 4.90 Å². The number of nitrogens with one attached hydrogen (secondary N) is 1. The number of piperidine rings is 1. The molecule has 1 N–H and O–H groups in total. The summed E-state index contributed by atoms with van der Waals surface area (Å²) >= 11 is 1.62. The highest BCUT2D eigenvalue weighted by molar-refractivity contribution is 7.09. The predicted molar refractivity (Wildman–Crippen MR) is 117 cm³/mol. The summed E-state index contributed by atoms with van der Waals surface area (Å²) in [4.78, 5) is 33.6. The van der Waals surface area contributed by atoms with Crippen LogP contribution in [0.15, 0.2) is 17.5 Å². The van der Waals surface area contributed by atoms with Gasteiger partial charge in [0.1, 0.15) is 0 Å². The van der Waals surface area contributed by atoms with E-state index in [9.17, 15) is 22.8 Å². The third-order valence-electron chi connectivity index (χ3n) is 5.44. The van der Waals surface area contributed by atoms with Crippen molar-refractivity contribution in [2.45, 2.75) is 39.7 Å². The normalized spacial score (nSPS) is 15.0. The van der Waals surface area contributed by atoms with Crippen molar-refractivity contribution < 1.29 is 22.8 Å². The molecule has 0 atom stereocenters. The number of rotatable bonds is 8. The Hall–Kier alpha value is -2.46. The molecular weight excluding hydrogens is 441 g/mol. The minimum atomic E-state index is -1.65. The van der Waals surface area contributed by atoms with E-state index in [0.717, 1.165) is 42.5 Å². The summed E-state index contributed by atoms with van der Waals surface area (Å²) in [5.74, 6) is -5.41. The van der Waals surface area contributed by atoms with Crippen molar-refractivity contribution in [3.63, 3.8) is 0 Å². The SMILES string of the molecule is CCCN(CC(=O)Nc1ccc(F)c(F)c1F)C(=O)C1CCN(Cc2csc(C)n2)CC1. The minimum Gasteiger partial charge on any atom is -0.333 e. The highest BCUT2D eigenvalue weighted by atomic mass is 32.1. The van der Waals surface area contributed by atoms with Crippen LogP contribution in [0.4, 0.5) is 18.9 Å². The van der Waals surface area contributed by atoms with E-state index in [1.807, 2.05) is 19.2 Å². The Kier molecular flexibility index (Phi) is 8.25. The lowest BCUT2D eigenvalue weighted by molar-refractivity contribution is -0.139. The average molecular weight is 469 g/mol. The van der Waals surface area contributed by atoms with Crippen molar-refractivity contribution in [1.29, 1.82) is 0 Å². The lowest BCUT2D eigenvalue weighted by atomic mass is 9.95. The van der Waals surface area contributed by atoms with Crippen LogP contribution in [0.25, 0.3) is 0 Å². The fourth-order valence-electron chi connectivity index (χ4n) is 3.83. The van der Waals surface area contributed by atoms with E-state index >= 15 is 0 Å². The largest absolute Gasteiger partial charge is 0.333 e. The summed E-state index contributed by atoms with van der Waals surface area (Å²) in [6.45, 7) is 6.25. The summed E-state index contributed by atoms with van der Waals surface area (Å²) < 4.78 is 40.3. The molecule has 0 aliphatic carbocycles. The smallest absolute Gasteiger partial charge is 0.244 e. The maximum absolute atomic E-state index is 13.8. The number of carbonyl (C=O) groups is 2. The first kappa shape index (κ1) is 24.2. The van der Waals surface area contributed by atoms with Gasteiger partial charge in [0.15, 0.2) is 17.5 Å². The number of hydrogen-bond acceptors (Lipinski definition) is 5. The maximum Gasteiger partial charge on any atom is 0.244 e. The minimum absolute atomic E-state index is 0.114. The van der Waals surface area contributed by atoms with Gasteiger partial charge in [-0.1, -0.05) is 6.92 Å². The summed E-state index contributed by atoms with van der Waals surface area (Å²) in [6, 6.07) is 1.70. The number of benzene rings is 1. The lowest BCUT2D eigenvalue weighted by Crippen LogP contribution is -2.45. The molecule has 0 bridgehead atoms. The molecule has 10 heteroatoms. The number of thiazole rings is 1. The molecule has 1 aliphatic rings. The average Bonchev–Trinajstić information content (AvgIpc) is 3.18. The number of hydrogen-bond donors (Lipinski definition) is 1. The van der Waals surface area contributed by atoms with Gasteiger partial charge in [0, 0.05) is 24.4 Å². The second kappa shape index (κ2) is 10.9. The predicted octanol–water partition coefficient (Wildman–Crippen LogP) is 3.96. The van der Waals surface area contributed by atoms with Gasteiger partial charge in [-0.2, -0.15) is 0 Å². The molecule has 1 aromatic carbocycles. The zero-order chi connectivity index (χ0) is 23.3. The third-order valence-corrected chi connectivity index (χ3v) is 6.26. The molecule has 0 radical (unpaired) electrons. The van der Waals surface area contributed by atoms with Crippen LogP contribution in [-0.4, -0.2) is 52.8 Å². The van der Waals surface area contributed by atoms with Crippen molar-refractivity contribution in [2.75, 3.05) is 31.5 Å². The highest BCUT2D eigenvalue weighted by Crippen LogP contribution is 2.23. The van der Waals surface area contributed by atoms with Gasteiger partial charge in [-0.05, 0) is 51.4 Å². The number of likely N-dealkylation sites (tertiary alicyclic amines) is 1. The number of anilines is 1. The summed E-state index contributed by atoms with van der Waals surface area (Å²) in [6.07, 6.45) is 2.02. The van der Waals surface area contributed by atoms with E-state index in [4.69, 9.17) is 0 Å².